The Morgan fingerprint density at radius 3 is 2.56 bits per heavy atom. The van der Waals surface area contributed by atoms with E-state index < -0.39 is 0 Å². The molecule has 1 saturated carbocycles. The highest BCUT2D eigenvalue weighted by Gasteiger charge is 2.43. The van der Waals surface area contributed by atoms with Gasteiger partial charge in [-0.1, -0.05) is 31.9 Å². The topological polar surface area (TPSA) is 29.1 Å². The van der Waals surface area contributed by atoms with Gasteiger partial charge < -0.3 is 5.32 Å². The summed E-state index contributed by atoms with van der Waals surface area (Å²) in [5.74, 6) is -0.0173. The van der Waals surface area contributed by atoms with Crippen LogP contribution in [0.3, 0.4) is 0 Å². The predicted molar refractivity (Wildman–Crippen MR) is 75.1 cm³/mol. The Labute approximate surface area is 120 Å². The summed E-state index contributed by atoms with van der Waals surface area (Å²) < 4.78 is 1.77. The highest BCUT2D eigenvalue weighted by Crippen LogP contribution is 2.37. The summed E-state index contributed by atoms with van der Waals surface area (Å²) in [5, 5.41) is 3.88. The number of nitrogens with one attached hydrogen (secondary N) is 1. The number of hydrogen-bond acceptors (Lipinski definition) is 1. The largest absolute Gasteiger partial charge is 0.346 e. The first-order chi connectivity index (χ1) is 7.56. The Balaban J connectivity index is 2.15. The third-order valence-corrected chi connectivity index (χ3v) is 4.89. The minimum absolute atomic E-state index is 0.0103. The van der Waals surface area contributed by atoms with Gasteiger partial charge in [-0.25, -0.2) is 0 Å². The molecule has 1 fully saturated rings. The Bertz CT molecular complexity index is 429. The van der Waals surface area contributed by atoms with Gasteiger partial charge >= 0.3 is 0 Å². The Hall–Kier alpha value is 0.130. The molecular weight excluding hydrogens is 402 g/mol. The zero-order chi connectivity index (χ0) is 11.8. The summed E-state index contributed by atoms with van der Waals surface area (Å²) in [6.07, 6.45) is 2.11. The van der Waals surface area contributed by atoms with Gasteiger partial charge in [0.15, 0.2) is 0 Å². The summed E-state index contributed by atoms with van der Waals surface area (Å²) in [6, 6.07) is 5.56. The average Bonchev–Trinajstić information content (AvgIpc) is 2.98. The summed E-state index contributed by atoms with van der Waals surface area (Å²) in [6.45, 7) is 0. The number of amides is 1. The molecule has 1 amide bonds. The van der Waals surface area contributed by atoms with Crippen LogP contribution in [0.25, 0.3) is 0 Å². The minimum atomic E-state index is -0.0173. The number of alkyl halides is 1. The molecule has 2 rings (SSSR count). The van der Waals surface area contributed by atoms with Crippen LogP contribution in [0.5, 0.6) is 0 Å². The van der Waals surface area contributed by atoms with E-state index >= 15 is 0 Å². The van der Waals surface area contributed by atoms with Crippen LogP contribution in [-0.4, -0.2) is 16.8 Å². The van der Waals surface area contributed by atoms with Gasteiger partial charge in [0.2, 0.25) is 0 Å². The number of halogens is 3. The van der Waals surface area contributed by atoms with E-state index in [0.717, 1.165) is 27.1 Å². The standard InChI is InChI=1S/C11H10Br3NO/c12-6-11(3-4-11)15-10(16)8-2-1-7(13)5-9(8)14/h1-2,5H,3-4,6H2,(H,15,16). The van der Waals surface area contributed by atoms with Crippen molar-refractivity contribution in [2.45, 2.75) is 18.4 Å². The van der Waals surface area contributed by atoms with Crippen LogP contribution in [-0.2, 0) is 0 Å². The Morgan fingerprint density at radius 1 is 1.38 bits per heavy atom. The highest BCUT2D eigenvalue weighted by molar-refractivity contribution is 9.11. The number of carbonyl (C=O) groups excluding carboxylic acids is 1. The third-order valence-electron chi connectivity index (χ3n) is 2.66. The fourth-order valence-electron chi connectivity index (χ4n) is 1.42. The van der Waals surface area contributed by atoms with Crippen LogP contribution >= 0.6 is 47.8 Å². The van der Waals surface area contributed by atoms with E-state index in [4.69, 9.17) is 0 Å². The van der Waals surface area contributed by atoms with Gasteiger partial charge in [0.25, 0.3) is 5.91 Å². The van der Waals surface area contributed by atoms with E-state index in [2.05, 4.69) is 53.1 Å². The second-order valence-electron chi connectivity index (χ2n) is 3.99. The van der Waals surface area contributed by atoms with E-state index in [-0.39, 0.29) is 11.4 Å². The average molecular weight is 412 g/mol. The summed E-state index contributed by atoms with van der Waals surface area (Å²) in [5.41, 5.74) is 0.666. The molecule has 2 nitrogen and oxygen atoms in total. The maximum absolute atomic E-state index is 12.0. The molecule has 0 unspecified atom stereocenters. The molecule has 0 spiro atoms. The second kappa shape index (κ2) is 4.78. The monoisotopic (exact) mass is 409 g/mol. The van der Waals surface area contributed by atoms with Gasteiger partial charge in [-0.05, 0) is 47.0 Å². The van der Waals surface area contributed by atoms with Crippen molar-refractivity contribution < 1.29 is 4.79 Å². The van der Waals surface area contributed by atoms with Gasteiger partial charge in [0, 0.05) is 14.3 Å². The normalized spacial score (nSPS) is 16.9. The SMILES string of the molecule is O=C(NC1(CBr)CC1)c1ccc(Br)cc1Br. The Morgan fingerprint density at radius 2 is 2.06 bits per heavy atom. The molecule has 0 aromatic heterocycles. The predicted octanol–water partition coefficient (Wildman–Crippen LogP) is 3.87. The number of benzene rings is 1. The molecule has 0 heterocycles. The summed E-state index contributed by atoms with van der Waals surface area (Å²) >= 11 is 10.2. The number of hydrogen-bond donors (Lipinski definition) is 1. The van der Waals surface area contributed by atoms with Crippen molar-refractivity contribution >= 4 is 53.7 Å². The van der Waals surface area contributed by atoms with Crippen molar-refractivity contribution in [2.24, 2.45) is 0 Å². The lowest BCUT2D eigenvalue weighted by Crippen LogP contribution is -2.38. The van der Waals surface area contributed by atoms with Crippen LogP contribution in [0.4, 0.5) is 0 Å². The highest BCUT2D eigenvalue weighted by atomic mass is 79.9. The van der Waals surface area contributed by atoms with Gasteiger partial charge in [0.05, 0.1) is 11.1 Å². The summed E-state index contributed by atoms with van der Waals surface area (Å²) in [4.78, 5) is 12.0. The van der Waals surface area contributed by atoms with Crippen molar-refractivity contribution in [3.8, 4) is 0 Å². The molecule has 86 valence electrons. The first-order valence-electron chi connectivity index (χ1n) is 4.90. The maximum atomic E-state index is 12.0. The molecule has 0 atom stereocenters. The van der Waals surface area contributed by atoms with Crippen LogP contribution in [0, 0.1) is 0 Å². The molecule has 1 aromatic carbocycles. The van der Waals surface area contributed by atoms with Crippen molar-refractivity contribution in [2.75, 3.05) is 5.33 Å². The maximum Gasteiger partial charge on any atom is 0.252 e. The van der Waals surface area contributed by atoms with E-state index in [0.29, 0.717) is 5.56 Å². The number of carbonyl (C=O) groups is 1. The van der Waals surface area contributed by atoms with Crippen LogP contribution < -0.4 is 5.32 Å². The molecule has 16 heavy (non-hydrogen) atoms. The molecule has 0 saturated heterocycles. The molecule has 0 bridgehead atoms. The van der Waals surface area contributed by atoms with Gasteiger partial charge in [-0.2, -0.15) is 0 Å². The van der Waals surface area contributed by atoms with Crippen molar-refractivity contribution in [3.63, 3.8) is 0 Å². The molecule has 0 radical (unpaired) electrons. The van der Waals surface area contributed by atoms with Crippen molar-refractivity contribution in [1.82, 2.24) is 5.32 Å². The fourth-order valence-corrected chi connectivity index (χ4v) is 3.35. The Kier molecular flexibility index (Phi) is 3.76. The van der Waals surface area contributed by atoms with Gasteiger partial charge in [0.1, 0.15) is 0 Å². The minimum Gasteiger partial charge on any atom is -0.346 e. The molecule has 5 heteroatoms. The molecule has 1 aromatic rings. The summed E-state index contributed by atoms with van der Waals surface area (Å²) in [7, 11) is 0. The van der Waals surface area contributed by atoms with Gasteiger partial charge in [-0.15, -0.1) is 0 Å². The molecule has 0 aliphatic heterocycles. The first kappa shape index (κ1) is 12.6. The quantitative estimate of drug-likeness (QED) is 0.752. The first-order valence-corrected chi connectivity index (χ1v) is 7.61. The molecule has 1 aliphatic carbocycles. The van der Waals surface area contributed by atoms with Crippen LogP contribution in [0.2, 0.25) is 0 Å². The van der Waals surface area contributed by atoms with E-state index in [1.165, 1.54) is 0 Å². The van der Waals surface area contributed by atoms with E-state index in [9.17, 15) is 4.79 Å². The lowest BCUT2D eigenvalue weighted by atomic mass is 10.2. The van der Waals surface area contributed by atoms with E-state index in [1.807, 2.05) is 18.2 Å². The van der Waals surface area contributed by atoms with E-state index in [1.54, 1.807) is 0 Å². The van der Waals surface area contributed by atoms with Crippen LogP contribution in [0.1, 0.15) is 23.2 Å². The van der Waals surface area contributed by atoms with Crippen molar-refractivity contribution in [1.29, 1.82) is 0 Å². The number of rotatable bonds is 3. The second-order valence-corrected chi connectivity index (χ2v) is 6.32. The van der Waals surface area contributed by atoms with Crippen molar-refractivity contribution in [3.05, 3.63) is 32.7 Å². The zero-order valence-corrected chi connectivity index (χ0v) is 13.2. The molecular formula is C11H10Br3NO. The smallest absolute Gasteiger partial charge is 0.252 e. The fraction of sp³-hybridized carbons (Fsp3) is 0.364. The zero-order valence-electron chi connectivity index (χ0n) is 8.40. The lowest BCUT2D eigenvalue weighted by Gasteiger charge is -2.14. The lowest BCUT2D eigenvalue weighted by molar-refractivity contribution is 0.0935. The van der Waals surface area contributed by atoms with Gasteiger partial charge in [-0.3, -0.25) is 4.79 Å². The molecule has 1 N–H and O–H groups in total. The molecule has 1 aliphatic rings. The van der Waals surface area contributed by atoms with Crippen LogP contribution in [0.15, 0.2) is 27.1 Å². The third kappa shape index (κ3) is 2.68.